The fourth-order valence-electron chi connectivity index (χ4n) is 2.50. The van der Waals surface area contributed by atoms with Gasteiger partial charge in [0.15, 0.2) is 0 Å². The van der Waals surface area contributed by atoms with Gasteiger partial charge < -0.3 is 15.5 Å². The molecule has 3 aromatic rings. The zero-order valence-electron chi connectivity index (χ0n) is 15.1. The van der Waals surface area contributed by atoms with E-state index in [0.717, 1.165) is 0 Å². The van der Waals surface area contributed by atoms with Crippen molar-refractivity contribution in [3.63, 3.8) is 0 Å². The predicted molar refractivity (Wildman–Crippen MR) is 104 cm³/mol. The predicted octanol–water partition coefficient (Wildman–Crippen LogP) is 3.07. The highest BCUT2D eigenvalue weighted by molar-refractivity contribution is 5.99. The average molecular weight is 379 g/mol. The van der Waals surface area contributed by atoms with Crippen LogP contribution >= 0.6 is 0 Å². The molecule has 0 unspecified atom stereocenters. The summed E-state index contributed by atoms with van der Waals surface area (Å²) in [5.74, 6) is -0.788. The number of nitrogens with zero attached hydrogens (tertiary/aromatic N) is 3. The van der Waals surface area contributed by atoms with Crippen molar-refractivity contribution >= 4 is 29.1 Å². The van der Waals surface area contributed by atoms with Crippen molar-refractivity contribution in [2.75, 3.05) is 24.2 Å². The van der Waals surface area contributed by atoms with Crippen LogP contribution in [0.25, 0.3) is 0 Å². The van der Waals surface area contributed by atoms with Gasteiger partial charge in [0, 0.05) is 36.4 Å². The van der Waals surface area contributed by atoms with Crippen molar-refractivity contribution in [2.45, 2.75) is 0 Å². The van der Waals surface area contributed by atoms with Crippen molar-refractivity contribution in [3.05, 3.63) is 78.4 Å². The number of benzene rings is 2. The van der Waals surface area contributed by atoms with Crippen LogP contribution < -0.4 is 10.6 Å². The van der Waals surface area contributed by atoms with Crippen LogP contribution in [0.1, 0.15) is 10.4 Å². The molecule has 0 saturated carbocycles. The molecule has 0 aliphatic carbocycles. The van der Waals surface area contributed by atoms with E-state index in [2.05, 4.69) is 20.6 Å². The maximum atomic E-state index is 13.2. The van der Waals surface area contributed by atoms with Crippen LogP contribution in [0.3, 0.4) is 0 Å². The summed E-state index contributed by atoms with van der Waals surface area (Å²) < 4.78 is 13.2. The van der Waals surface area contributed by atoms with E-state index in [1.54, 1.807) is 48.8 Å². The molecule has 0 aliphatic rings. The maximum absolute atomic E-state index is 13.2. The maximum Gasteiger partial charge on any atom is 0.254 e. The van der Waals surface area contributed by atoms with Crippen molar-refractivity contribution < 1.29 is 14.0 Å². The molecule has 2 aromatic carbocycles. The molecule has 0 fully saturated rings. The van der Waals surface area contributed by atoms with Gasteiger partial charge in [-0.25, -0.2) is 14.4 Å². The number of aromatic nitrogens is 2. The molecule has 0 spiro atoms. The Bertz CT molecular complexity index is 981. The summed E-state index contributed by atoms with van der Waals surface area (Å²) in [6.07, 6.45) is 3.21. The van der Waals surface area contributed by atoms with Gasteiger partial charge >= 0.3 is 0 Å². The zero-order valence-corrected chi connectivity index (χ0v) is 15.1. The summed E-state index contributed by atoms with van der Waals surface area (Å²) in [6.45, 7) is -0.172. The molecule has 2 N–H and O–H groups in total. The molecule has 0 saturated heterocycles. The summed E-state index contributed by atoms with van der Waals surface area (Å²) in [4.78, 5) is 34.2. The Labute approximate surface area is 161 Å². The fourth-order valence-corrected chi connectivity index (χ4v) is 2.50. The lowest BCUT2D eigenvalue weighted by Gasteiger charge is -2.17. The molecule has 2 amide bonds. The van der Waals surface area contributed by atoms with Gasteiger partial charge in [-0.3, -0.25) is 9.59 Å². The van der Waals surface area contributed by atoms with Gasteiger partial charge in [-0.2, -0.15) is 0 Å². The fraction of sp³-hybridized carbons (Fsp3) is 0.100. The highest BCUT2D eigenvalue weighted by atomic mass is 19.1. The summed E-state index contributed by atoms with van der Waals surface area (Å²) in [5.41, 5.74) is 1.39. The molecule has 1 heterocycles. The minimum Gasteiger partial charge on any atom is -0.332 e. The first kappa shape index (κ1) is 19.0. The second-order valence-electron chi connectivity index (χ2n) is 6.00. The monoisotopic (exact) mass is 379 g/mol. The standard InChI is InChI=1S/C20H18FN5O2/c1-26(13-18(27)24-17-8-3-6-15(21)12-17)19(28)14-5-2-7-16(11-14)25-20-22-9-4-10-23-20/h2-12H,13H2,1H3,(H,24,27)(H,22,23,25). The molecule has 7 nitrogen and oxygen atoms in total. The number of anilines is 3. The van der Waals surface area contributed by atoms with Gasteiger partial charge in [0.1, 0.15) is 5.82 Å². The van der Waals surface area contributed by atoms with Gasteiger partial charge in [-0.15, -0.1) is 0 Å². The van der Waals surface area contributed by atoms with Crippen molar-refractivity contribution in [1.29, 1.82) is 0 Å². The van der Waals surface area contributed by atoms with Gasteiger partial charge in [0.25, 0.3) is 5.91 Å². The third-order valence-corrected chi connectivity index (χ3v) is 3.77. The van der Waals surface area contributed by atoms with Gasteiger partial charge in [-0.1, -0.05) is 12.1 Å². The van der Waals surface area contributed by atoms with Crippen LogP contribution in [0.4, 0.5) is 21.7 Å². The Morgan fingerprint density at radius 3 is 2.46 bits per heavy atom. The van der Waals surface area contributed by atoms with E-state index < -0.39 is 11.7 Å². The van der Waals surface area contributed by atoms with E-state index in [9.17, 15) is 14.0 Å². The van der Waals surface area contributed by atoms with E-state index in [0.29, 0.717) is 22.9 Å². The Hall–Kier alpha value is -3.81. The van der Waals surface area contributed by atoms with E-state index >= 15 is 0 Å². The summed E-state index contributed by atoms with van der Waals surface area (Å²) >= 11 is 0. The molecule has 28 heavy (non-hydrogen) atoms. The zero-order chi connectivity index (χ0) is 19.9. The molecule has 3 rings (SSSR count). The topological polar surface area (TPSA) is 87.2 Å². The summed E-state index contributed by atoms with van der Waals surface area (Å²) in [5, 5.41) is 5.57. The second kappa shape index (κ2) is 8.72. The van der Waals surface area contributed by atoms with Crippen LogP contribution in [-0.2, 0) is 4.79 Å². The molecular weight excluding hydrogens is 361 g/mol. The Kier molecular flexibility index (Phi) is 5.91. The van der Waals surface area contributed by atoms with Crippen molar-refractivity contribution in [3.8, 4) is 0 Å². The first-order valence-electron chi connectivity index (χ1n) is 8.46. The molecule has 8 heteroatoms. The van der Waals surface area contributed by atoms with Gasteiger partial charge in [-0.05, 0) is 42.5 Å². The molecule has 0 radical (unpaired) electrons. The first-order valence-corrected chi connectivity index (χ1v) is 8.46. The lowest BCUT2D eigenvalue weighted by Crippen LogP contribution is -2.34. The van der Waals surface area contributed by atoms with Crippen LogP contribution in [0.5, 0.6) is 0 Å². The first-order chi connectivity index (χ1) is 13.5. The lowest BCUT2D eigenvalue weighted by atomic mass is 10.1. The largest absolute Gasteiger partial charge is 0.332 e. The number of hydrogen-bond donors (Lipinski definition) is 2. The quantitative estimate of drug-likeness (QED) is 0.687. The minimum absolute atomic E-state index is 0.172. The van der Waals surface area contributed by atoms with Crippen LogP contribution in [0.2, 0.25) is 0 Å². The van der Waals surface area contributed by atoms with Gasteiger partial charge in [0.2, 0.25) is 11.9 Å². The normalized spacial score (nSPS) is 10.2. The SMILES string of the molecule is CN(CC(=O)Nc1cccc(F)c1)C(=O)c1cccc(Nc2ncccn2)c1. The highest BCUT2D eigenvalue weighted by Gasteiger charge is 2.16. The molecular formula is C20H18FN5O2. The number of hydrogen-bond acceptors (Lipinski definition) is 5. The third kappa shape index (κ3) is 5.10. The number of carbonyl (C=O) groups excluding carboxylic acids is 2. The second-order valence-corrected chi connectivity index (χ2v) is 6.00. The van der Waals surface area contributed by atoms with E-state index in [1.165, 1.54) is 30.1 Å². The van der Waals surface area contributed by atoms with Gasteiger partial charge in [0.05, 0.1) is 6.54 Å². The Balaban J connectivity index is 1.62. The van der Waals surface area contributed by atoms with Crippen LogP contribution in [0, 0.1) is 5.82 Å². The van der Waals surface area contributed by atoms with Crippen molar-refractivity contribution in [1.82, 2.24) is 14.9 Å². The molecule has 1 aromatic heterocycles. The Morgan fingerprint density at radius 2 is 1.71 bits per heavy atom. The van der Waals surface area contributed by atoms with Crippen LogP contribution in [0.15, 0.2) is 67.0 Å². The molecule has 142 valence electrons. The number of likely N-dealkylation sites (N-methyl/N-ethyl adjacent to an activating group) is 1. The number of carbonyl (C=O) groups is 2. The number of amides is 2. The molecule has 0 aliphatic heterocycles. The molecule has 0 bridgehead atoms. The number of nitrogens with one attached hydrogen (secondary N) is 2. The summed E-state index contributed by atoms with van der Waals surface area (Å²) in [6, 6.07) is 14.1. The average Bonchev–Trinajstić information content (AvgIpc) is 2.68. The van der Waals surface area contributed by atoms with E-state index in [-0.39, 0.29) is 12.5 Å². The van der Waals surface area contributed by atoms with E-state index in [1.807, 2.05) is 0 Å². The smallest absolute Gasteiger partial charge is 0.254 e. The van der Waals surface area contributed by atoms with E-state index in [4.69, 9.17) is 0 Å². The third-order valence-electron chi connectivity index (χ3n) is 3.77. The van der Waals surface area contributed by atoms with Crippen LogP contribution in [-0.4, -0.2) is 40.3 Å². The highest BCUT2D eigenvalue weighted by Crippen LogP contribution is 2.16. The molecule has 0 atom stereocenters. The summed E-state index contributed by atoms with van der Waals surface area (Å²) in [7, 11) is 1.52. The van der Waals surface area contributed by atoms with Crippen molar-refractivity contribution in [2.24, 2.45) is 0 Å². The number of halogens is 1. The lowest BCUT2D eigenvalue weighted by molar-refractivity contribution is -0.116. The number of rotatable bonds is 6. The minimum atomic E-state index is -0.450. The Morgan fingerprint density at radius 1 is 1.00 bits per heavy atom.